The van der Waals surface area contributed by atoms with Crippen molar-refractivity contribution in [2.24, 2.45) is 0 Å². The summed E-state index contributed by atoms with van der Waals surface area (Å²) in [5.74, 6) is -6.99. The first kappa shape index (κ1) is 11.5. The second-order valence-electron chi connectivity index (χ2n) is 2.65. The summed E-state index contributed by atoms with van der Waals surface area (Å²) in [5.41, 5.74) is -1.03. The molecule has 0 aliphatic heterocycles. The van der Waals surface area contributed by atoms with Gasteiger partial charge in [0, 0.05) is 6.20 Å². The summed E-state index contributed by atoms with van der Waals surface area (Å²) in [4.78, 5) is 14.2. The monoisotopic (exact) mass is 219 g/mol. The maximum absolute atomic E-state index is 13.3. The number of aromatic nitrogens is 1. The van der Waals surface area contributed by atoms with Crippen molar-refractivity contribution in [3.05, 3.63) is 29.8 Å². The molecule has 0 aliphatic rings. The zero-order chi connectivity index (χ0) is 11.5. The molecule has 82 valence electrons. The number of hydrogen-bond donors (Lipinski definition) is 0. The van der Waals surface area contributed by atoms with Gasteiger partial charge >= 0.3 is 11.9 Å². The van der Waals surface area contributed by atoms with Gasteiger partial charge in [-0.3, -0.25) is 4.98 Å². The second kappa shape index (κ2) is 4.29. The van der Waals surface area contributed by atoms with Gasteiger partial charge in [-0.1, -0.05) is 0 Å². The summed E-state index contributed by atoms with van der Waals surface area (Å²) in [6.45, 7) is 1.19. The van der Waals surface area contributed by atoms with Crippen LogP contribution < -0.4 is 0 Å². The summed E-state index contributed by atoms with van der Waals surface area (Å²) in [6, 6.07) is 0.742. The third kappa shape index (κ3) is 2.26. The predicted octanol–water partition coefficient (Wildman–Crippen LogP) is 1.88. The van der Waals surface area contributed by atoms with Gasteiger partial charge in [0.2, 0.25) is 0 Å². The molecular formula is C9H8F3NO2. The average Bonchev–Trinajstić information content (AvgIpc) is 2.18. The number of carbonyl (C=O) groups is 1. The van der Waals surface area contributed by atoms with Crippen LogP contribution in [0.4, 0.5) is 13.2 Å². The number of ether oxygens (including phenoxy) is 1. The van der Waals surface area contributed by atoms with Crippen LogP contribution in [0.5, 0.6) is 0 Å². The van der Waals surface area contributed by atoms with Gasteiger partial charge in [0.1, 0.15) is 0 Å². The number of carbonyl (C=O) groups excluding carboxylic acids is 1. The van der Waals surface area contributed by atoms with E-state index in [4.69, 9.17) is 0 Å². The lowest BCUT2D eigenvalue weighted by atomic mass is 10.1. The van der Waals surface area contributed by atoms with E-state index in [9.17, 15) is 18.0 Å². The summed E-state index contributed by atoms with van der Waals surface area (Å²) in [6.07, 6.45) is 1.59. The average molecular weight is 219 g/mol. The zero-order valence-electron chi connectivity index (χ0n) is 7.84. The molecule has 1 aromatic rings. The predicted molar refractivity (Wildman–Crippen MR) is 44.7 cm³/mol. The van der Waals surface area contributed by atoms with Crippen molar-refractivity contribution < 1.29 is 22.7 Å². The molecule has 0 amide bonds. The van der Waals surface area contributed by atoms with Crippen LogP contribution in [0.25, 0.3) is 0 Å². The summed E-state index contributed by atoms with van der Waals surface area (Å²) >= 11 is 0. The van der Waals surface area contributed by atoms with Crippen molar-refractivity contribution >= 4 is 5.97 Å². The molecule has 0 spiro atoms. The van der Waals surface area contributed by atoms with Crippen LogP contribution in [-0.4, -0.2) is 17.6 Å². The van der Waals surface area contributed by atoms with Crippen LogP contribution in [0.3, 0.4) is 0 Å². The normalized spacial score (nSPS) is 11.2. The van der Waals surface area contributed by atoms with Gasteiger partial charge in [-0.25, -0.2) is 9.18 Å². The molecule has 0 fully saturated rings. The topological polar surface area (TPSA) is 39.2 Å². The van der Waals surface area contributed by atoms with Crippen LogP contribution in [0.15, 0.2) is 18.5 Å². The zero-order valence-corrected chi connectivity index (χ0v) is 7.84. The summed E-state index contributed by atoms with van der Waals surface area (Å²) < 4.78 is 43.6. The van der Waals surface area contributed by atoms with Crippen molar-refractivity contribution in [3.8, 4) is 0 Å². The van der Waals surface area contributed by atoms with Crippen molar-refractivity contribution in [2.45, 2.75) is 12.8 Å². The van der Waals surface area contributed by atoms with Crippen molar-refractivity contribution in [3.63, 3.8) is 0 Å². The highest BCUT2D eigenvalue weighted by atomic mass is 19.3. The van der Waals surface area contributed by atoms with Crippen LogP contribution in [0.2, 0.25) is 0 Å². The molecule has 0 bridgehead atoms. The minimum atomic E-state index is -3.98. The number of hydrogen-bond acceptors (Lipinski definition) is 3. The Hall–Kier alpha value is -1.59. The Bertz CT molecular complexity index is 368. The summed E-state index contributed by atoms with van der Waals surface area (Å²) in [7, 11) is 0. The first-order valence-electron chi connectivity index (χ1n) is 4.15. The van der Waals surface area contributed by atoms with Crippen LogP contribution in [0, 0.1) is 5.82 Å². The van der Waals surface area contributed by atoms with Gasteiger partial charge in [0.05, 0.1) is 18.4 Å². The minimum absolute atomic E-state index is 0.193. The van der Waals surface area contributed by atoms with E-state index >= 15 is 0 Å². The highest BCUT2D eigenvalue weighted by molar-refractivity contribution is 5.79. The van der Waals surface area contributed by atoms with E-state index in [1.165, 1.54) is 6.92 Å². The number of rotatable bonds is 3. The smallest absolute Gasteiger partial charge is 0.382 e. The Labute approximate surface area is 83.9 Å². The number of esters is 1. The first-order chi connectivity index (χ1) is 7.00. The van der Waals surface area contributed by atoms with Gasteiger partial charge < -0.3 is 4.74 Å². The standard InChI is InChI=1S/C9H8F3NO2/c1-2-15-8(14)9(11,12)6-3-4-13-5-7(6)10/h3-5H,2H2,1H3. The van der Waals surface area contributed by atoms with E-state index in [0.29, 0.717) is 6.20 Å². The number of nitrogens with zero attached hydrogens (tertiary/aromatic N) is 1. The Morgan fingerprint density at radius 2 is 2.27 bits per heavy atom. The molecule has 0 N–H and O–H groups in total. The quantitative estimate of drug-likeness (QED) is 0.728. The third-order valence-electron chi connectivity index (χ3n) is 1.64. The molecule has 0 atom stereocenters. The molecule has 0 unspecified atom stereocenters. The SMILES string of the molecule is CCOC(=O)C(F)(F)c1ccncc1F. The molecule has 1 heterocycles. The first-order valence-corrected chi connectivity index (χ1v) is 4.15. The van der Waals surface area contributed by atoms with Gasteiger partial charge in [0.25, 0.3) is 0 Å². The molecule has 15 heavy (non-hydrogen) atoms. The molecule has 1 rings (SSSR count). The molecule has 0 saturated carbocycles. The van der Waals surface area contributed by atoms with Crippen LogP contribution in [-0.2, 0) is 15.5 Å². The van der Waals surface area contributed by atoms with Gasteiger partial charge in [-0.2, -0.15) is 8.78 Å². The molecular weight excluding hydrogens is 211 g/mol. The Balaban J connectivity index is 3.05. The van der Waals surface area contributed by atoms with Crippen LogP contribution >= 0.6 is 0 Å². The molecule has 3 nitrogen and oxygen atoms in total. The Morgan fingerprint density at radius 3 is 2.80 bits per heavy atom. The Kier molecular flexibility index (Phi) is 3.28. The van der Waals surface area contributed by atoms with Crippen molar-refractivity contribution in [1.82, 2.24) is 4.98 Å². The van der Waals surface area contributed by atoms with Crippen molar-refractivity contribution in [1.29, 1.82) is 0 Å². The molecule has 0 radical (unpaired) electrons. The van der Waals surface area contributed by atoms with E-state index in [-0.39, 0.29) is 6.61 Å². The fraction of sp³-hybridized carbons (Fsp3) is 0.333. The molecule has 0 saturated heterocycles. The highest BCUT2D eigenvalue weighted by Gasteiger charge is 2.44. The maximum Gasteiger partial charge on any atom is 0.382 e. The fourth-order valence-corrected chi connectivity index (χ4v) is 0.962. The number of pyridine rings is 1. The van der Waals surface area contributed by atoms with Crippen LogP contribution in [0.1, 0.15) is 12.5 Å². The minimum Gasteiger partial charge on any atom is -0.461 e. The molecule has 0 aromatic carbocycles. The number of alkyl halides is 2. The molecule has 0 aliphatic carbocycles. The van der Waals surface area contributed by atoms with Gasteiger partial charge in [-0.15, -0.1) is 0 Å². The maximum atomic E-state index is 13.3. The van der Waals surface area contributed by atoms with E-state index in [1.807, 2.05) is 0 Å². The van der Waals surface area contributed by atoms with E-state index in [1.54, 1.807) is 0 Å². The third-order valence-corrected chi connectivity index (χ3v) is 1.64. The van der Waals surface area contributed by atoms with Gasteiger partial charge in [-0.05, 0) is 13.0 Å². The lowest BCUT2D eigenvalue weighted by Crippen LogP contribution is -2.29. The van der Waals surface area contributed by atoms with E-state index in [0.717, 1.165) is 12.3 Å². The lowest BCUT2D eigenvalue weighted by Gasteiger charge is -2.14. The fourth-order valence-electron chi connectivity index (χ4n) is 0.962. The lowest BCUT2D eigenvalue weighted by molar-refractivity contribution is -0.173. The second-order valence-corrected chi connectivity index (χ2v) is 2.65. The molecule has 1 aromatic heterocycles. The largest absolute Gasteiger partial charge is 0.461 e. The summed E-state index contributed by atoms with van der Waals surface area (Å²) in [5, 5.41) is 0. The van der Waals surface area contributed by atoms with E-state index < -0.39 is 23.3 Å². The van der Waals surface area contributed by atoms with Gasteiger partial charge in [0.15, 0.2) is 5.82 Å². The molecule has 6 heteroatoms. The Morgan fingerprint density at radius 1 is 1.60 bits per heavy atom. The van der Waals surface area contributed by atoms with Crippen molar-refractivity contribution in [2.75, 3.05) is 6.61 Å². The number of halogens is 3. The highest BCUT2D eigenvalue weighted by Crippen LogP contribution is 2.30. The van der Waals surface area contributed by atoms with E-state index in [2.05, 4.69) is 9.72 Å².